The Bertz CT molecular complexity index is 464. The van der Waals surface area contributed by atoms with Crippen LogP contribution in [0.25, 0.3) is 0 Å². The molecule has 0 heterocycles. The minimum absolute atomic E-state index is 0.361. The molecule has 2 unspecified atom stereocenters. The Morgan fingerprint density at radius 1 is 1.15 bits per heavy atom. The molecule has 1 saturated carbocycles. The predicted molar refractivity (Wildman–Crippen MR) is 100 cm³/mol. The molecule has 0 saturated heterocycles. The first-order valence-electron chi connectivity index (χ1n) is 9.96. The van der Waals surface area contributed by atoms with E-state index in [1.165, 1.54) is 4.90 Å². The summed E-state index contributed by atoms with van der Waals surface area (Å²) in [6.45, 7) is 4.00. The molecule has 0 aromatic rings. The van der Waals surface area contributed by atoms with Crippen molar-refractivity contribution in [3.05, 3.63) is 0 Å². The quantitative estimate of drug-likeness (QED) is 0.361. The summed E-state index contributed by atoms with van der Waals surface area (Å²) in [5.41, 5.74) is 5.19. The van der Waals surface area contributed by atoms with Gasteiger partial charge in [0.15, 0.2) is 0 Å². The summed E-state index contributed by atoms with van der Waals surface area (Å²) in [6.07, 6.45) is 8.54. The lowest BCUT2D eigenvalue weighted by Crippen LogP contribution is -2.68. The van der Waals surface area contributed by atoms with Gasteiger partial charge in [-0.15, -0.1) is 0 Å². The first kappa shape index (κ1) is 22.4. The van der Waals surface area contributed by atoms with Gasteiger partial charge in [0.25, 0.3) is 0 Å². The Hall–Kier alpha value is -1.63. The molecule has 1 fully saturated rings. The molecule has 2 amide bonds. The molecule has 4 N–H and O–H groups in total. The van der Waals surface area contributed by atoms with E-state index >= 15 is 0 Å². The Kier molecular flexibility index (Phi) is 9.62. The second-order valence-electron chi connectivity index (χ2n) is 7.31. The molecule has 7 nitrogen and oxygen atoms in total. The maximum Gasteiger partial charge on any atom is 0.326 e. The molecule has 0 bridgehead atoms. The Balaban J connectivity index is 3.26. The lowest BCUT2D eigenvalue weighted by Gasteiger charge is -2.49. The Labute approximate surface area is 156 Å². The maximum absolute atomic E-state index is 13.2. The minimum Gasteiger partial charge on any atom is -0.480 e. The van der Waals surface area contributed by atoms with E-state index in [9.17, 15) is 19.5 Å². The van der Waals surface area contributed by atoms with Crippen molar-refractivity contribution in [1.29, 1.82) is 0 Å². The number of carbonyl (C=O) groups is 3. The summed E-state index contributed by atoms with van der Waals surface area (Å²) >= 11 is 0. The van der Waals surface area contributed by atoms with Gasteiger partial charge in [0.05, 0.1) is 6.04 Å². The van der Waals surface area contributed by atoms with E-state index in [1.54, 1.807) is 0 Å². The molecular weight excluding hydrogens is 334 g/mol. The Morgan fingerprint density at radius 2 is 1.73 bits per heavy atom. The summed E-state index contributed by atoms with van der Waals surface area (Å²) in [6, 6.07) is -1.72. The van der Waals surface area contributed by atoms with Gasteiger partial charge in [-0.25, -0.2) is 4.79 Å². The molecule has 0 aliphatic heterocycles. The fourth-order valence-corrected chi connectivity index (χ4v) is 3.85. The largest absolute Gasteiger partial charge is 0.480 e. The number of amides is 2. The van der Waals surface area contributed by atoms with Gasteiger partial charge in [-0.3, -0.25) is 9.59 Å². The average molecular weight is 370 g/mol. The van der Waals surface area contributed by atoms with Crippen molar-refractivity contribution in [3.8, 4) is 0 Å². The second kappa shape index (κ2) is 11.2. The number of nitrogens with zero attached hydrogens (tertiary/aromatic N) is 1. The predicted octanol–water partition coefficient (Wildman–Crippen LogP) is 2.38. The fourth-order valence-electron chi connectivity index (χ4n) is 3.85. The number of unbranched alkanes of at least 4 members (excludes halogenated alkanes) is 2. The highest BCUT2D eigenvalue weighted by molar-refractivity contribution is 5.88. The van der Waals surface area contributed by atoms with E-state index in [4.69, 9.17) is 5.73 Å². The van der Waals surface area contributed by atoms with Crippen molar-refractivity contribution in [2.45, 2.75) is 102 Å². The molecule has 0 spiro atoms. The fraction of sp³-hybridized carbons (Fsp3) is 0.842. The van der Waals surface area contributed by atoms with Crippen molar-refractivity contribution in [2.24, 2.45) is 5.73 Å². The number of nitrogens with one attached hydrogen (secondary N) is 1. The number of carboxylic acid groups (broad SMARTS) is 1. The summed E-state index contributed by atoms with van der Waals surface area (Å²) in [5.74, 6) is -1.40. The number of hydrogen-bond acceptors (Lipinski definition) is 4. The molecule has 7 heteroatoms. The van der Waals surface area contributed by atoms with E-state index in [1.807, 2.05) is 13.8 Å². The zero-order chi connectivity index (χ0) is 19.6. The standard InChI is InChI=1S/C19H35N3O4/c1-3-5-10-15(20)17(24)22(16(18(25)26)11-6-4-2)19(21-14-23)12-8-7-9-13-19/h14-16H,3-13,20H2,1-2H3,(H,21,23)(H,25,26). The van der Waals surface area contributed by atoms with E-state index < -0.39 is 23.7 Å². The van der Waals surface area contributed by atoms with Crippen LogP contribution in [-0.2, 0) is 14.4 Å². The van der Waals surface area contributed by atoms with Gasteiger partial charge >= 0.3 is 5.97 Å². The van der Waals surface area contributed by atoms with E-state index in [-0.39, 0.29) is 5.91 Å². The number of rotatable bonds is 12. The van der Waals surface area contributed by atoms with E-state index in [0.717, 1.165) is 38.5 Å². The van der Waals surface area contributed by atoms with Crippen LogP contribution < -0.4 is 11.1 Å². The van der Waals surface area contributed by atoms with Crippen LogP contribution >= 0.6 is 0 Å². The van der Waals surface area contributed by atoms with Gasteiger partial charge in [0, 0.05) is 0 Å². The summed E-state index contributed by atoms with van der Waals surface area (Å²) in [4.78, 5) is 38.0. The van der Waals surface area contributed by atoms with Crippen molar-refractivity contribution in [1.82, 2.24) is 10.2 Å². The third-order valence-electron chi connectivity index (χ3n) is 5.32. The zero-order valence-electron chi connectivity index (χ0n) is 16.2. The molecule has 0 radical (unpaired) electrons. The van der Waals surface area contributed by atoms with Crippen molar-refractivity contribution >= 4 is 18.3 Å². The SMILES string of the molecule is CCCCC(N)C(=O)N(C(CCCC)C(=O)O)C1(NC=O)CCCCC1. The minimum atomic E-state index is -1.04. The zero-order valence-corrected chi connectivity index (χ0v) is 16.2. The normalized spacial score (nSPS) is 18.6. The number of carbonyl (C=O) groups excluding carboxylic acids is 2. The smallest absolute Gasteiger partial charge is 0.326 e. The van der Waals surface area contributed by atoms with Crippen molar-refractivity contribution < 1.29 is 19.5 Å². The molecule has 0 aromatic carbocycles. The Morgan fingerprint density at radius 3 is 2.23 bits per heavy atom. The molecular formula is C19H35N3O4. The van der Waals surface area contributed by atoms with Gasteiger partial charge in [0.1, 0.15) is 11.7 Å². The van der Waals surface area contributed by atoms with Crippen molar-refractivity contribution in [2.75, 3.05) is 0 Å². The highest BCUT2D eigenvalue weighted by Crippen LogP contribution is 2.34. The highest BCUT2D eigenvalue weighted by Gasteiger charge is 2.47. The summed E-state index contributed by atoms with van der Waals surface area (Å²) < 4.78 is 0. The number of nitrogens with two attached hydrogens (primary N) is 1. The monoisotopic (exact) mass is 369 g/mol. The first-order valence-corrected chi connectivity index (χ1v) is 9.96. The molecule has 26 heavy (non-hydrogen) atoms. The first-order chi connectivity index (χ1) is 12.4. The maximum atomic E-state index is 13.2. The third-order valence-corrected chi connectivity index (χ3v) is 5.32. The van der Waals surface area contributed by atoms with E-state index in [2.05, 4.69) is 5.32 Å². The molecule has 150 valence electrons. The topological polar surface area (TPSA) is 113 Å². The molecule has 2 atom stereocenters. The van der Waals surface area contributed by atoms with Crippen LogP contribution in [0.2, 0.25) is 0 Å². The van der Waals surface area contributed by atoms with Gasteiger partial charge in [-0.1, -0.05) is 46.0 Å². The number of carboxylic acids is 1. The van der Waals surface area contributed by atoms with Gasteiger partial charge in [-0.2, -0.15) is 0 Å². The second-order valence-corrected chi connectivity index (χ2v) is 7.31. The number of hydrogen-bond donors (Lipinski definition) is 3. The van der Waals surface area contributed by atoms with Crippen LogP contribution in [0, 0.1) is 0 Å². The molecule has 1 rings (SSSR count). The van der Waals surface area contributed by atoms with Crippen LogP contribution in [0.1, 0.15) is 84.5 Å². The summed E-state index contributed by atoms with van der Waals surface area (Å²) in [5, 5.41) is 12.6. The molecule has 1 aliphatic carbocycles. The van der Waals surface area contributed by atoms with Crippen LogP contribution in [0.4, 0.5) is 0 Å². The van der Waals surface area contributed by atoms with E-state index in [0.29, 0.717) is 38.5 Å². The molecule has 0 aromatic heterocycles. The van der Waals surface area contributed by atoms with Crippen LogP contribution in [0.5, 0.6) is 0 Å². The molecule has 1 aliphatic rings. The lowest BCUT2D eigenvalue weighted by molar-refractivity contribution is -0.162. The summed E-state index contributed by atoms with van der Waals surface area (Å²) in [7, 11) is 0. The third kappa shape index (κ3) is 5.69. The highest BCUT2D eigenvalue weighted by atomic mass is 16.4. The lowest BCUT2D eigenvalue weighted by atomic mass is 9.85. The number of aliphatic carboxylic acids is 1. The van der Waals surface area contributed by atoms with Crippen LogP contribution in [-0.4, -0.2) is 46.0 Å². The van der Waals surface area contributed by atoms with Crippen LogP contribution in [0.15, 0.2) is 0 Å². The van der Waals surface area contributed by atoms with Crippen molar-refractivity contribution in [3.63, 3.8) is 0 Å². The van der Waals surface area contributed by atoms with Gasteiger partial charge in [-0.05, 0) is 38.5 Å². The van der Waals surface area contributed by atoms with Gasteiger partial charge < -0.3 is 21.1 Å². The van der Waals surface area contributed by atoms with Gasteiger partial charge in [0.2, 0.25) is 12.3 Å². The average Bonchev–Trinajstić information content (AvgIpc) is 2.63. The van der Waals surface area contributed by atoms with Crippen LogP contribution in [0.3, 0.4) is 0 Å².